The molecule has 0 heterocycles. The van der Waals surface area contributed by atoms with Crippen molar-refractivity contribution >= 4 is 0 Å². The molecule has 134 valence electrons. The van der Waals surface area contributed by atoms with Crippen LogP contribution in [0.3, 0.4) is 0 Å². The molecule has 1 spiro atoms. The van der Waals surface area contributed by atoms with Crippen LogP contribution in [0, 0.1) is 34.0 Å². The quantitative estimate of drug-likeness (QED) is 0.644. The van der Waals surface area contributed by atoms with E-state index in [-0.39, 0.29) is 11.5 Å². The molecule has 2 N–H and O–H groups in total. The van der Waals surface area contributed by atoms with Crippen molar-refractivity contribution in [2.75, 3.05) is 0 Å². The first-order chi connectivity index (χ1) is 11.2. The molecule has 0 saturated heterocycles. The highest BCUT2D eigenvalue weighted by molar-refractivity contribution is 5.30. The van der Waals surface area contributed by atoms with E-state index >= 15 is 0 Å². The largest absolute Gasteiger partial charge is 0.393 e. The Kier molecular flexibility index (Phi) is 2.97. The lowest BCUT2D eigenvalue weighted by Gasteiger charge is -2.64. The van der Waals surface area contributed by atoms with Crippen LogP contribution in [-0.2, 0) is 0 Å². The zero-order chi connectivity index (χ0) is 17.0. The third-order valence-electron chi connectivity index (χ3n) is 10.3. The van der Waals surface area contributed by atoms with Crippen molar-refractivity contribution in [2.24, 2.45) is 34.0 Å². The minimum absolute atomic E-state index is 0.0742. The van der Waals surface area contributed by atoms with Crippen LogP contribution in [0.15, 0.2) is 12.2 Å². The van der Waals surface area contributed by atoms with E-state index in [1.165, 1.54) is 38.5 Å². The fourth-order valence-electron chi connectivity index (χ4n) is 8.66. The normalized spacial score (nSPS) is 62.1. The summed E-state index contributed by atoms with van der Waals surface area (Å²) in [5.74, 6) is 2.33. The Morgan fingerprint density at radius 1 is 0.958 bits per heavy atom. The molecule has 5 fully saturated rings. The highest BCUT2D eigenvalue weighted by atomic mass is 16.3. The van der Waals surface area contributed by atoms with Gasteiger partial charge in [0.1, 0.15) is 0 Å². The molecule has 0 aliphatic heterocycles. The number of hydrogen-bond donors (Lipinski definition) is 2. The maximum absolute atomic E-state index is 11.0. The SMILES string of the molecule is C=C1C[C@]23CC[C@H]4[C@@H]5CC[C@H](O)[C@@]5(C)CC[C@@H]4[C@@]2(C)CC[C@]1(O)C3. The molecule has 0 radical (unpaired) electrons. The Balaban J connectivity index is 1.53. The van der Waals surface area contributed by atoms with E-state index in [9.17, 15) is 10.2 Å². The van der Waals surface area contributed by atoms with Gasteiger partial charge in [0.15, 0.2) is 0 Å². The summed E-state index contributed by atoms with van der Waals surface area (Å²) in [6, 6.07) is 0. The third kappa shape index (κ3) is 1.62. The molecule has 24 heavy (non-hydrogen) atoms. The van der Waals surface area contributed by atoms with Gasteiger partial charge in [0.05, 0.1) is 11.7 Å². The van der Waals surface area contributed by atoms with Gasteiger partial charge in [-0.15, -0.1) is 0 Å². The smallest absolute Gasteiger partial charge is 0.0860 e. The van der Waals surface area contributed by atoms with Gasteiger partial charge in [0.2, 0.25) is 0 Å². The summed E-state index contributed by atoms with van der Waals surface area (Å²) in [6.45, 7) is 9.22. The summed E-state index contributed by atoms with van der Waals surface area (Å²) in [5.41, 5.74) is 1.43. The van der Waals surface area contributed by atoms with Crippen molar-refractivity contribution in [1.29, 1.82) is 0 Å². The van der Waals surface area contributed by atoms with E-state index in [1.54, 1.807) is 0 Å². The topological polar surface area (TPSA) is 40.5 Å². The van der Waals surface area contributed by atoms with E-state index < -0.39 is 5.60 Å². The van der Waals surface area contributed by atoms with Gasteiger partial charge in [0, 0.05) is 0 Å². The summed E-state index contributed by atoms with van der Waals surface area (Å²) >= 11 is 0. The minimum atomic E-state index is -0.556. The standard InChI is InChI=1S/C22H34O2/c1-14-12-21-9-6-15-16-4-5-18(23)19(16,2)8-7-17(15)20(21,3)10-11-22(14,24)13-21/h15-18,23-24H,1,4-13H2,2-3H3/t15-,16-,17-,18-,19-,20+,21-,22-/m0/s1. The monoisotopic (exact) mass is 330 g/mol. The molecule has 5 aliphatic carbocycles. The fraction of sp³-hybridized carbons (Fsp3) is 0.909. The molecule has 2 bridgehead atoms. The van der Waals surface area contributed by atoms with Crippen molar-refractivity contribution in [3.63, 3.8) is 0 Å². The van der Waals surface area contributed by atoms with Crippen molar-refractivity contribution in [1.82, 2.24) is 0 Å². The predicted molar refractivity (Wildman–Crippen MR) is 95.4 cm³/mol. The first-order valence-electron chi connectivity index (χ1n) is 10.3. The van der Waals surface area contributed by atoms with Crippen LogP contribution in [0.5, 0.6) is 0 Å². The molecule has 0 aromatic heterocycles. The third-order valence-corrected chi connectivity index (χ3v) is 10.3. The van der Waals surface area contributed by atoms with Crippen LogP contribution in [0.1, 0.15) is 78.1 Å². The molecule has 0 aromatic carbocycles. The van der Waals surface area contributed by atoms with E-state index in [2.05, 4.69) is 20.4 Å². The maximum Gasteiger partial charge on any atom is 0.0860 e. The van der Waals surface area contributed by atoms with Gasteiger partial charge < -0.3 is 10.2 Å². The predicted octanol–water partition coefficient (Wildman–Crippen LogP) is 4.45. The van der Waals surface area contributed by atoms with Crippen LogP contribution >= 0.6 is 0 Å². The molecule has 0 unspecified atom stereocenters. The Bertz CT molecular complexity index is 599. The van der Waals surface area contributed by atoms with E-state index in [0.717, 1.165) is 49.0 Å². The number of aliphatic hydroxyl groups excluding tert-OH is 1. The van der Waals surface area contributed by atoms with Crippen molar-refractivity contribution in [2.45, 2.75) is 89.8 Å². The van der Waals surface area contributed by atoms with Gasteiger partial charge in [-0.3, -0.25) is 0 Å². The van der Waals surface area contributed by atoms with Gasteiger partial charge in [-0.2, -0.15) is 0 Å². The average Bonchev–Trinajstić information content (AvgIpc) is 2.95. The Labute approximate surface area is 146 Å². The fourth-order valence-corrected chi connectivity index (χ4v) is 8.66. The second-order valence-corrected chi connectivity index (χ2v) is 10.7. The molecule has 5 saturated carbocycles. The van der Waals surface area contributed by atoms with Crippen LogP contribution < -0.4 is 0 Å². The van der Waals surface area contributed by atoms with Crippen molar-refractivity contribution in [3.05, 3.63) is 12.2 Å². The zero-order valence-corrected chi connectivity index (χ0v) is 15.5. The molecular weight excluding hydrogens is 296 g/mol. The van der Waals surface area contributed by atoms with Gasteiger partial charge in [0.25, 0.3) is 0 Å². The summed E-state index contributed by atoms with van der Waals surface area (Å²) in [6.07, 6.45) is 11.4. The van der Waals surface area contributed by atoms with Gasteiger partial charge in [-0.1, -0.05) is 20.4 Å². The van der Waals surface area contributed by atoms with Gasteiger partial charge in [-0.05, 0) is 104 Å². The van der Waals surface area contributed by atoms with E-state index in [1.807, 2.05) is 0 Å². The summed E-state index contributed by atoms with van der Waals surface area (Å²) in [7, 11) is 0. The summed E-state index contributed by atoms with van der Waals surface area (Å²) in [5, 5.41) is 21.6. The number of rotatable bonds is 0. The highest BCUT2D eigenvalue weighted by Gasteiger charge is 2.68. The molecule has 5 aliphatic rings. The molecular formula is C22H34O2. The van der Waals surface area contributed by atoms with Crippen molar-refractivity contribution < 1.29 is 10.2 Å². The first-order valence-corrected chi connectivity index (χ1v) is 10.3. The molecule has 8 atom stereocenters. The average molecular weight is 331 g/mol. The Hall–Kier alpha value is -0.340. The summed E-state index contributed by atoms with van der Waals surface area (Å²) < 4.78 is 0. The summed E-state index contributed by atoms with van der Waals surface area (Å²) in [4.78, 5) is 0. The van der Waals surface area contributed by atoms with Crippen LogP contribution in [-0.4, -0.2) is 21.9 Å². The first kappa shape index (κ1) is 15.9. The number of fused-ring (bicyclic) bond motifs is 5. The van der Waals surface area contributed by atoms with Crippen LogP contribution in [0.25, 0.3) is 0 Å². The van der Waals surface area contributed by atoms with E-state index in [0.29, 0.717) is 10.8 Å². The molecule has 2 heteroatoms. The number of aliphatic hydroxyl groups is 2. The minimum Gasteiger partial charge on any atom is -0.393 e. The molecule has 0 aromatic rings. The molecule has 5 rings (SSSR count). The molecule has 2 nitrogen and oxygen atoms in total. The number of hydrogen-bond acceptors (Lipinski definition) is 2. The molecule has 0 amide bonds. The second kappa shape index (κ2) is 4.49. The van der Waals surface area contributed by atoms with Crippen LogP contribution in [0.2, 0.25) is 0 Å². The van der Waals surface area contributed by atoms with E-state index in [4.69, 9.17) is 0 Å². The lowest BCUT2D eigenvalue weighted by atomic mass is 9.40. The van der Waals surface area contributed by atoms with Crippen molar-refractivity contribution in [3.8, 4) is 0 Å². The lowest BCUT2D eigenvalue weighted by Crippen LogP contribution is -2.58. The second-order valence-electron chi connectivity index (χ2n) is 10.7. The van der Waals surface area contributed by atoms with Gasteiger partial charge in [-0.25, -0.2) is 0 Å². The lowest BCUT2D eigenvalue weighted by molar-refractivity contribution is -0.174. The zero-order valence-electron chi connectivity index (χ0n) is 15.5. The maximum atomic E-state index is 11.0. The Morgan fingerprint density at radius 3 is 2.54 bits per heavy atom. The van der Waals surface area contributed by atoms with Gasteiger partial charge >= 0.3 is 0 Å². The Morgan fingerprint density at radius 2 is 1.75 bits per heavy atom. The van der Waals surface area contributed by atoms with Crippen LogP contribution in [0.4, 0.5) is 0 Å². The highest BCUT2D eigenvalue weighted by Crippen LogP contribution is 2.75.